The summed E-state index contributed by atoms with van der Waals surface area (Å²) in [5.74, 6) is 0.752. The molecule has 0 spiro atoms. The van der Waals surface area contributed by atoms with E-state index in [1.807, 2.05) is 10.7 Å². The van der Waals surface area contributed by atoms with Crippen LogP contribution < -0.4 is 5.73 Å². The summed E-state index contributed by atoms with van der Waals surface area (Å²) in [7, 11) is 0. The van der Waals surface area contributed by atoms with Crippen LogP contribution in [0.4, 0.5) is 5.82 Å². The number of aromatic nitrogens is 2. The number of nitrogen functional groups attached to an aromatic ring is 1. The lowest BCUT2D eigenvalue weighted by atomic mass is 9.88. The Morgan fingerprint density at radius 3 is 2.67 bits per heavy atom. The topological polar surface area (TPSA) is 43.8 Å². The van der Waals surface area contributed by atoms with Crippen molar-refractivity contribution in [1.82, 2.24) is 9.78 Å². The zero-order valence-corrected chi connectivity index (χ0v) is 11.6. The molecule has 0 fully saturated rings. The van der Waals surface area contributed by atoms with E-state index in [4.69, 9.17) is 5.73 Å². The van der Waals surface area contributed by atoms with E-state index in [1.54, 1.807) is 6.20 Å². The first-order valence-corrected chi connectivity index (χ1v) is 5.73. The molecule has 98 valence electrons. The summed E-state index contributed by atoms with van der Waals surface area (Å²) < 4.78 is 1.94. The Hall–Kier alpha value is -1.19. The second kappa shape index (κ2) is 6.12. The summed E-state index contributed by atoms with van der Waals surface area (Å²) in [5.41, 5.74) is 8.75. The van der Waals surface area contributed by atoms with E-state index in [2.05, 4.69) is 29.4 Å². The highest BCUT2D eigenvalue weighted by Gasteiger charge is 2.22. The number of fused-ring (bicyclic) bond motifs is 1. The molecule has 1 heterocycles. The Kier molecular flexibility index (Phi) is 5.05. The highest BCUT2D eigenvalue weighted by atomic mass is 35.5. The van der Waals surface area contributed by atoms with Crippen LogP contribution in [0.15, 0.2) is 36.5 Å². The lowest BCUT2D eigenvalue weighted by Crippen LogP contribution is -2.19. The average molecular weight is 286 g/mol. The monoisotopic (exact) mass is 285 g/mol. The van der Waals surface area contributed by atoms with Gasteiger partial charge in [-0.3, -0.25) is 0 Å². The van der Waals surface area contributed by atoms with Gasteiger partial charge in [-0.1, -0.05) is 24.3 Å². The molecule has 1 unspecified atom stereocenters. The van der Waals surface area contributed by atoms with Crippen LogP contribution in [0.5, 0.6) is 0 Å². The predicted octanol–water partition coefficient (Wildman–Crippen LogP) is 3.23. The highest BCUT2D eigenvalue weighted by Crippen LogP contribution is 2.33. The lowest BCUT2D eigenvalue weighted by molar-refractivity contribution is 0.456. The molecular weight excluding hydrogens is 269 g/mol. The second-order valence-corrected chi connectivity index (χ2v) is 4.31. The summed E-state index contributed by atoms with van der Waals surface area (Å²) in [6.07, 6.45) is 5.28. The number of halogens is 2. The fourth-order valence-electron chi connectivity index (χ4n) is 2.57. The van der Waals surface area contributed by atoms with E-state index in [-0.39, 0.29) is 24.8 Å². The minimum atomic E-state index is 0. The molecule has 5 heteroatoms. The molecule has 18 heavy (non-hydrogen) atoms. The fourth-order valence-corrected chi connectivity index (χ4v) is 2.57. The third-order valence-corrected chi connectivity index (χ3v) is 3.33. The number of nitrogens with two attached hydrogens (primary N) is 1. The van der Waals surface area contributed by atoms with Gasteiger partial charge in [-0.15, -0.1) is 24.8 Å². The van der Waals surface area contributed by atoms with Crippen molar-refractivity contribution in [2.24, 2.45) is 0 Å². The Bertz CT molecular complexity index is 510. The average Bonchev–Trinajstić information content (AvgIpc) is 2.75. The molecule has 0 radical (unpaired) electrons. The fraction of sp³-hybridized carbons (Fsp3) is 0.308. The van der Waals surface area contributed by atoms with Gasteiger partial charge in [0, 0.05) is 0 Å². The first-order valence-electron chi connectivity index (χ1n) is 5.73. The molecule has 0 amide bonds. The van der Waals surface area contributed by atoms with Crippen LogP contribution >= 0.6 is 24.8 Å². The first-order chi connectivity index (χ1) is 7.86. The van der Waals surface area contributed by atoms with Gasteiger partial charge in [0.25, 0.3) is 0 Å². The van der Waals surface area contributed by atoms with Crippen LogP contribution in [0, 0.1) is 0 Å². The predicted molar refractivity (Wildman–Crippen MR) is 78.7 cm³/mol. The van der Waals surface area contributed by atoms with Crippen LogP contribution in [-0.4, -0.2) is 9.78 Å². The van der Waals surface area contributed by atoms with Gasteiger partial charge >= 0.3 is 0 Å². The SMILES string of the molecule is Cl.Cl.Nc1ccnn1C1CCCc2ccccc21. The molecule has 3 nitrogen and oxygen atoms in total. The number of anilines is 1. The summed E-state index contributed by atoms with van der Waals surface area (Å²) in [6.45, 7) is 0. The highest BCUT2D eigenvalue weighted by molar-refractivity contribution is 5.85. The quantitative estimate of drug-likeness (QED) is 0.874. The molecule has 1 aromatic carbocycles. The van der Waals surface area contributed by atoms with Gasteiger partial charge in [-0.2, -0.15) is 5.10 Å². The van der Waals surface area contributed by atoms with Crippen molar-refractivity contribution in [3.8, 4) is 0 Å². The van der Waals surface area contributed by atoms with Crippen molar-refractivity contribution < 1.29 is 0 Å². The molecule has 0 bridgehead atoms. The maximum absolute atomic E-state index is 5.93. The van der Waals surface area contributed by atoms with Crippen molar-refractivity contribution in [1.29, 1.82) is 0 Å². The third kappa shape index (κ3) is 2.47. The molecule has 1 aromatic heterocycles. The number of rotatable bonds is 1. The summed E-state index contributed by atoms with van der Waals surface area (Å²) >= 11 is 0. The van der Waals surface area contributed by atoms with Crippen molar-refractivity contribution in [2.45, 2.75) is 25.3 Å². The van der Waals surface area contributed by atoms with Crippen molar-refractivity contribution in [3.63, 3.8) is 0 Å². The number of aryl methyl sites for hydroxylation is 1. The van der Waals surface area contributed by atoms with Gasteiger partial charge in [0.15, 0.2) is 0 Å². The number of benzene rings is 1. The Balaban J connectivity index is 0.000000810. The van der Waals surface area contributed by atoms with E-state index in [0.717, 1.165) is 12.2 Å². The Morgan fingerprint density at radius 2 is 1.94 bits per heavy atom. The summed E-state index contributed by atoms with van der Waals surface area (Å²) in [5, 5.41) is 4.33. The molecule has 1 aliphatic carbocycles. The minimum Gasteiger partial charge on any atom is -0.384 e. The molecule has 3 rings (SSSR count). The van der Waals surface area contributed by atoms with Gasteiger partial charge in [-0.25, -0.2) is 4.68 Å². The molecule has 2 aromatic rings. The number of hydrogen-bond acceptors (Lipinski definition) is 2. The van der Waals surface area contributed by atoms with Crippen LogP contribution in [0.1, 0.15) is 30.0 Å². The standard InChI is InChI=1S/C13H15N3.2ClH/c14-13-8-9-15-16(13)12-7-3-5-10-4-1-2-6-11(10)12;;/h1-2,4,6,8-9,12H,3,5,7,14H2;2*1H. The van der Waals surface area contributed by atoms with Crippen LogP contribution in [0.25, 0.3) is 0 Å². The first kappa shape index (κ1) is 14.9. The van der Waals surface area contributed by atoms with Gasteiger partial charge in [0.05, 0.1) is 12.2 Å². The largest absolute Gasteiger partial charge is 0.384 e. The molecule has 0 saturated heterocycles. The number of nitrogens with zero attached hydrogens (tertiary/aromatic N) is 2. The summed E-state index contributed by atoms with van der Waals surface area (Å²) in [6, 6.07) is 10.8. The van der Waals surface area contributed by atoms with Crippen molar-refractivity contribution in [2.75, 3.05) is 5.73 Å². The minimum absolute atomic E-state index is 0. The molecule has 0 aliphatic heterocycles. The maximum Gasteiger partial charge on any atom is 0.122 e. The summed E-state index contributed by atoms with van der Waals surface area (Å²) in [4.78, 5) is 0. The van der Waals surface area contributed by atoms with Crippen LogP contribution in [-0.2, 0) is 6.42 Å². The van der Waals surface area contributed by atoms with E-state index < -0.39 is 0 Å². The maximum atomic E-state index is 5.93. The van der Waals surface area contributed by atoms with Gasteiger partial charge in [-0.05, 0) is 36.5 Å². The van der Waals surface area contributed by atoms with E-state index in [1.165, 1.54) is 24.0 Å². The Labute approximate surface area is 119 Å². The molecule has 2 N–H and O–H groups in total. The Morgan fingerprint density at radius 1 is 1.17 bits per heavy atom. The molecule has 1 aliphatic rings. The smallest absolute Gasteiger partial charge is 0.122 e. The normalized spacial score (nSPS) is 17.2. The van der Waals surface area contributed by atoms with Gasteiger partial charge < -0.3 is 5.73 Å². The van der Waals surface area contributed by atoms with Crippen molar-refractivity contribution in [3.05, 3.63) is 47.7 Å². The van der Waals surface area contributed by atoms with Crippen LogP contribution in [0.2, 0.25) is 0 Å². The zero-order chi connectivity index (χ0) is 11.0. The van der Waals surface area contributed by atoms with Gasteiger partial charge in [0.1, 0.15) is 5.82 Å². The van der Waals surface area contributed by atoms with E-state index in [0.29, 0.717) is 6.04 Å². The van der Waals surface area contributed by atoms with Crippen LogP contribution in [0.3, 0.4) is 0 Å². The third-order valence-electron chi connectivity index (χ3n) is 3.33. The number of hydrogen-bond donors (Lipinski definition) is 1. The van der Waals surface area contributed by atoms with Crippen molar-refractivity contribution >= 4 is 30.6 Å². The van der Waals surface area contributed by atoms with E-state index in [9.17, 15) is 0 Å². The second-order valence-electron chi connectivity index (χ2n) is 4.31. The lowest BCUT2D eigenvalue weighted by Gasteiger charge is -2.26. The molecular formula is C13H17Cl2N3. The molecule has 0 saturated carbocycles. The van der Waals surface area contributed by atoms with Gasteiger partial charge in [0.2, 0.25) is 0 Å². The zero-order valence-electron chi connectivity index (χ0n) is 9.95. The van der Waals surface area contributed by atoms with E-state index >= 15 is 0 Å². The molecule has 1 atom stereocenters.